The second-order valence-electron chi connectivity index (χ2n) is 4.84. The van der Waals surface area contributed by atoms with Crippen LogP contribution in [0, 0.1) is 5.82 Å². The number of nitrogens with one attached hydrogen (secondary N) is 1. The summed E-state index contributed by atoms with van der Waals surface area (Å²) in [6.45, 7) is 2.56. The summed E-state index contributed by atoms with van der Waals surface area (Å²) in [5, 5.41) is 8.35. The Labute approximate surface area is 123 Å². The molecular weight excluding hydrogens is 291 g/mol. The third-order valence-corrected chi connectivity index (χ3v) is 4.16. The molecule has 0 unspecified atom stereocenters. The van der Waals surface area contributed by atoms with E-state index in [1.165, 1.54) is 24.3 Å². The Balaban J connectivity index is 2.00. The van der Waals surface area contributed by atoms with Crippen molar-refractivity contribution in [3.05, 3.63) is 65.5 Å². The number of hydrogen-bond donors (Lipinski definition) is 2. The molecule has 0 fully saturated rings. The molecule has 112 valence electrons. The van der Waals surface area contributed by atoms with Gasteiger partial charge in [0.25, 0.3) is 0 Å². The first kappa shape index (κ1) is 15.6. The minimum absolute atomic E-state index is 0.0320. The monoisotopic (exact) mass is 308 g/mol. The van der Waals surface area contributed by atoms with Crippen LogP contribution < -0.4 is 10.5 Å². The lowest BCUT2D eigenvalue weighted by Crippen LogP contribution is -2.18. The van der Waals surface area contributed by atoms with E-state index in [9.17, 15) is 12.8 Å². The van der Waals surface area contributed by atoms with Gasteiger partial charge in [-0.25, -0.2) is 17.9 Å². The van der Waals surface area contributed by atoms with Gasteiger partial charge in [0, 0.05) is 12.6 Å². The average molecular weight is 308 g/mol. The van der Waals surface area contributed by atoms with Gasteiger partial charge in [0.1, 0.15) is 5.82 Å². The van der Waals surface area contributed by atoms with Crippen LogP contribution in [-0.2, 0) is 16.6 Å². The number of sulfonamides is 1. The van der Waals surface area contributed by atoms with Gasteiger partial charge in [-0.05, 0) is 42.3 Å². The summed E-state index contributed by atoms with van der Waals surface area (Å²) in [5.41, 5.74) is 1.92. The molecule has 6 heteroatoms. The van der Waals surface area contributed by atoms with Gasteiger partial charge in [-0.3, -0.25) is 0 Å². The lowest BCUT2D eigenvalue weighted by Gasteiger charge is -2.14. The maximum atomic E-state index is 12.8. The topological polar surface area (TPSA) is 72.2 Å². The fourth-order valence-corrected chi connectivity index (χ4v) is 2.45. The minimum atomic E-state index is -3.66. The zero-order valence-electron chi connectivity index (χ0n) is 11.6. The third kappa shape index (κ3) is 4.35. The first-order valence-corrected chi connectivity index (χ1v) is 8.01. The highest BCUT2D eigenvalue weighted by Crippen LogP contribution is 2.16. The second kappa shape index (κ2) is 6.34. The molecule has 0 aliphatic carbocycles. The van der Waals surface area contributed by atoms with Gasteiger partial charge in [-0.15, -0.1) is 0 Å². The lowest BCUT2D eigenvalue weighted by atomic mass is 10.1. The molecular formula is C15H17FN2O2S. The van der Waals surface area contributed by atoms with Crippen LogP contribution in [0.2, 0.25) is 0 Å². The van der Waals surface area contributed by atoms with E-state index < -0.39 is 10.0 Å². The standard InChI is InChI=1S/C15H17FN2O2S/c1-11(18-10-12-2-6-14(16)7-3-12)13-4-8-15(9-5-13)21(17,19)20/h2-9,11,18H,10H2,1H3,(H2,17,19,20)/t11-/m1/s1. The van der Waals surface area contributed by atoms with Crippen LogP contribution in [0.3, 0.4) is 0 Å². The first-order valence-electron chi connectivity index (χ1n) is 6.47. The number of nitrogens with two attached hydrogens (primary N) is 1. The molecule has 0 heterocycles. The van der Waals surface area contributed by atoms with E-state index in [2.05, 4.69) is 5.32 Å². The van der Waals surface area contributed by atoms with Crippen LogP contribution in [0.4, 0.5) is 4.39 Å². The van der Waals surface area contributed by atoms with Gasteiger partial charge in [-0.1, -0.05) is 24.3 Å². The first-order chi connectivity index (χ1) is 9.86. The molecule has 0 saturated carbocycles. The second-order valence-corrected chi connectivity index (χ2v) is 6.40. The maximum Gasteiger partial charge on any atom is 0.238 e. The van der Waals surface area contributed by atoms with Gasteiger partial charge in [0.2, 0.25) is 10.0 Å². The van der Waals surface area contributed by atoms with Gasteiger partial charge >= 0.3 is 0 Å². The Kier molecular flexibility index (Phi) is 4.72. The zero-order valence-corrected chi connectivity index (χ0v) is 12.4. The van der Waals surface area contributed by atoms with Crippen molar-refractivity contribution in [1.82, 2.24) is 5.32 Å². The number of benzene rings is 2. The van der Waals surface area contributed by atoms with Gasteiger partial charge in [0.05, 0.1) is 4.90 Å². The van der Waals surface area contributed by atoms with Crippen molar-refractivity contribution in [2.45, 2.75) is 24.4 Å². The molecule has 2 aromatic carbocycles. The van der Waals surface area contributed by atoms with Gasteiger partial charge in [-0.2, -0.15) is 0 Å². The molecule has 3 N–H and O–H groups in total. The summed E-state index contributed by atoms with van der Waals surface area (Å²) < 4.78 is 35.2. The van der Waals surface area contributed by atoms with Crippen molar-refractivity contribution >= 4 is 10.0 Å². The summed E-state index contributed by atoms with van der Waals surface area (Å²) in [4.78, 5) is 0.0944. The summed E-state index contributed by atoms with van der Waals surface area (Å²) in [6.07, 6.45) is 0. The smallest absolute Gasteiger partial charge is 0.238 e. The van der Waals surface area contributed by atoms with Crippen LogP contribution in [-0.4, -0.2) is 8.42 Å². The number of halogens is 1. The highest BCUT2D eigenvalue weighted by atomic mass is 32.2. The molecule has 21 heavy (non-hydrogen) atoms. The molecule has 2 rings (SSSR count). The lowest BCUT2D eigenvalue weighted by molar-refractivity contribution is 0.572. The van der Waals surface area contributed by atoms with E-state index in [0.717, 1.165) is 11.1 Å². The summed E-state index contributed by atoms with van der Waals surface area (Å²) in [6, 6.07) is 12.7. The van der Waals surface area contributed by atoms with Crippen LogP contribution in [0.1, 0.15) is 24.1 Å². The molecule has 0 aromatic heterocycles. The van der Waals surface area contributed by atoms with Crippen molar-refractivity contribution < 1.29 is 12.8 Å². The van der Waals surface area contributed by atoms with Crippen LogP contribution in [0.25, 0.3) is 0 Å². The predicted molar refractivity (Wildman–Crippen MR) is 79.5 cm³/mol. The van der Waals surface area contributed by atoms with E-state index in [0.29, 0.717) is 6.54 Å². The van der Waals surface area contributed by atoms with E-state index in [4.69, 9.17) is 5.14 Å². The van der Waals surface area contributed by atoms with Crippen LogP contribution in [0.5, 0.6) is 0 Å². The molecule has 1 atom stereocenters. The molecule has 0 saturated heterocycles. The van der Waals surface area contributed by atoms with Crippen LogP contribution in [0.15, 0.2) is 53.4 Å². The number of rotatable bonds is 5. The molecule has 2 aromatic rings. The fourth-order valence-electron chi connectivity index (χ4n) is 1.94. The fraction of sp³-hybridized carbons (Fsp3) is 0.200. The molecule has 0 bridgehead atoms. The number of hydrogen-bond acceptors (Lipinski definition) is 3. The molecule has 4 nitrogen and oxygen atoms in total. The normalized spacial score (nSPS) is 13.1. The van der Waals surface area contributed by atoms with Gasteiger partial charge < -0.3 is 5.32 Å². The quantitative estimate of drug-likeness (QED) is 0.890. The largest absolute Gasteiger partial charge is 0.306 e. The van der Waals surface area contributed by atoms with E-state index in [1.807, 2.05) is 6.92 Å². The van der Waals surface area contributed by atoms with E-state index >= 15 is 0 Å². The molecule has 0 radical (unpaired) electrons. The SMILES string of the molecule is C[C@@H](NCc1ccc(F)cc1)c1ccc(S(N)(=O)=O)cc1. The van der Waals surface area contributed by atoms with Crippen molar-refractivity contribution in [3.8, 4) is 0 Å². The maximum absolute atomic E-state index is 12.8. The Morgan fingerprint density at radius 3 is 2.19 bits per heavy atom. The van der Waals surface area contributed by atoms with E-state index in [-0.39, 0.29) is 16.8 Å². The minimum Gasteiger partial charge on any atom is -0.306 e. The molecule has 0 aliphatic heterocycles. The van der Waals surface area contributed by atoms with Crippen LogP contribution >= 0.6 is 0 Å². The van der Waals surface area contributed by atoms with Gasteiger partial charge in [0.15, 0.2) is 0 Å². The van der Waals surface area contributed by atoms with Crippen molar-refractivity contribution in [2.24, 2.45) is 5.14 Å². The Hall–Kier alpha value is -1.76. The Morgan fingerprint density at radius 1 is 1.10 bits per heavy atom. The summed E-state index contributed by atoms with van der Waals surface area (Å²) >= 11 is 0. The zero-order chi connectivity index (χ0) is 15.5. The van der Waals surface area contributed by atoms with Crippen molar-refractivity contribution in [2.75, 3.05) is 0 Å². The predicted octanol–water partition coefficient (Wildman–Crippen LogP) is 2.32. The molecule has 0 amide bonds. The average Bonchev–Trinajstić information content (AvgIpc) is 2.45. The molecule has 0 spiro atoms. The summed E-state index contributed by atoms with van der Waals surface area (Å²) in [7, 11) is -3.66. The molecule has 0 aliphatic rings. The van der Waals surface area contributed by atoms with E-state index in [1.54, 1.807) is 24.3 Å². The van der Waals surface area contributed by atoms with Crippen molar-refractivity contribution in [1.29, 1.82) is 0 Å². The Morgan fingerprint density at radius 2 is 1.67 bits per heavy atom. The Bertz CT molecular complexity index is 697. The van der Waals surface area contributed by atoms with Crippen molar-refractivity contribution in [3.63, 3.8) is 0 Å². The highest BCUT2D eigenvalue weighted by molar-refractivity contribution is 7.89. The number of primary sulfonamides is 1. The highest BCUT2D eigenvalue weighted by Gasteiger charge is 2.09. The third-order valence-electron chi connectivity index (χ3n) is 3.23. The summed E-state index contributed by atoms with van der Waals surface area (Å²) in [5.74, 6) is -0.259.